The van der Waals surface area contributed by atoms with Gasteiger partial charge in [-0.25, -0.2) is 0 Å². The normalized spacial score (nSPS) is 13.2. The maximum absolute atomic E-state index is 6.56. The van der Waals surface area contributed by atoms with Crippen molar-refractivity contribution >= 4 is 21.8 Å². The zero-order valence-electron chi connectivity index (χ0n) is 23.3. The summed E-state index contributed by atoms with van der Waals surface area (Å²) in [4.78, 5) is 0. The fourth-order valence-corrected chi connectivity index (χ4v) is 5.28. The molecule has 2 atom stereocenters. The minimum atomic E-state index is 0.567. The summed E-state index contributed by atoms with van der Waals surface area (Å²) in [5.74, 6) is 2.87. The second kappa shape index (κ2) is 13.6. The summed E-state index contributed by atoms with van der Waals surface area (Å²) < 4.78 is 15.4. The summed E-state index contributed by atoms with van der Waals surface area (Å²) in [6, 6.07) is 23.8. The van der Waals surface area contributed by atoms with Crippen LogP contribution >= 0.6 is 0 Å². The van der Waals surface area contributed by atoms with Gasteiger partial charge in [0.2, 0.25) is 0 Å². The van der Waals surface area contributed by atoms with Gasteiger partial charge in [0, 0.05) is 16.8 Å². The number of fused-ring (bicyclic) bond motifs is 3. The molecule has 3 aromatic carbocycles. The van der Waals surface area contributed by atoms with Crippen LogP contribution in [-0.2, 0) is 0 Å². The molecule has 0 fully saturated rings. The van der Waals surface area contributed by atoms with E-state index in [4.69, 9.17) is 9.47 Å². The van der Waals surface area contributed by atoms with E-state index in [-0.39, 0.29) is 0 Å². The van der Waals surface area contributed by atoms with Crippen molar-refractivity contribution in [2.45, 2.75) is 79.1 Å². The topological polar surface area (TPSA) is 23.4 Å². The zero-order chi connectivity index (χ0) is 26.0. The molecule has 3 nitrogen and oxygen atoms in total. The lowest BCUT2D eigenvalue weighted by Gasteiger charge is -2.21. The van der Waals surface area contributed by atoms with Crippen LogP contribution in [0.15, 0.2) is 66.7 Å². The number of unbranched alkanes of at least 4 members (excludes halogenated alkanes) is 2. The Morgan fingerprint density at radius 3 is 1.65 bits per heavy atom. The number of nitrogens with zero attached hydrogens (tertiary/aromatic N) is 1. The highest BCUT2D eigenvalue weighted by Crippen LogP contribution is 2.36. The average molecular weight is 500 g/mol. The van der Waals surface area contributed by atoms with Crippen molar-refractivity contribution in [3.8, 4) is 17.2 Å². The predicted octanol–water partition coefficient (Wildman–Crippen LogP) is 9.97. The lowest BCUT2D eigenvalue weighted by molar-refractivity contribution is 0.199. The lowest BCUT2D eigenvalue weighted by atomic mass is 10.0. The summed E-state index contributed by atoms with van der Waals surface area (Å²) >= 11 is 0. The van der Waals surface area contributed by atoms with Gasteiger partial charge >= 0.3 is 0 Å². The first-order chi connectivity index (χ1) is 18.2. The smallest absolute Gasteiger partial charge is 0.163 e. The maximum Gasteiger partial charge on any atom is 0.163 e. The quantitative estimate of drug-likeness (QED) is 0.162. The Balaban J connectivity index is 1.69. The van der Waals surface area contributed by atoms with Crippen molar-refractivity contribution in [2.24, 2.45) is 11.8 Å². The number of para-hydroxylation sites is 2. The zero-order valence-corrected chi connectivity index (χ0v) is 23.3. The van der Waals surface area contributed by atoms with Crippen LogP contribution in [0.2, 0.25) is 0 Å². The van der Waals surface area contributed by atoms with Gasteiger partial charge in [0.25, 0.3) is 0 Å². The van der Waals surface area contributed by atoms with Crippen LogP contribution in [0.3, 0.4) is 0 Å². The third-order valence-corrected chi connectivity index (χ3v) is 7.80. The molecule has 0 saturated carbocycles. The molecular weight excluding hydrogens is 454 g/mol. The Kier molecular flexibility index (Phi) is 9.93. The molecule has 0 bridgehead atoms. The molecule has 198 valence electrons. The van der Waals surface area contributed by atoms with Crippen molar-refractivity contribution in [2.75, 3.05) is 13.2 Å². The Labute approximate surface area is 223 Å². The van der Waals surface area contributed by atoms with Crippen LogP contribution in [-0.4, -0.2) is 17.8 Å². The van der Waals surface area contributed by atoms with Crippen molar-refractivity contribution in [1.82, 2.24) is 4.57 Å². The molecule has 0 N–H and O–H groups in total. The fraction of sp³-hybridized carbons (Fsp3) is 0.471. The van der Waals surface area contributed by atoms with Crippen LogP contribution < -0.4 is 9.47 Å². The van der Waals surface area contributed by atoms with Gasteiger partial charge in [-0.3, -0.25) is 0 Å². The van der Waals surface area contributed by atoms with Crippen molar-refractivity contribution < 1.29 is 9.47 Å². The predicted molar refractivity (Wildman–Crippen MR) is 158 cm³/mol. The van der Waals surface area contributed by atoms with E-state index in [1.807, 2.05) is 0 Å². The van der Waals surface area contributed by atoms with Crippen LogP contribution in [0.5, 0.6) is 11.5 Å². The van der Waals surface area contributed by atoms with Crippen LogP contribution in [0.4, 0.5) is 0 Å². The molecule has 0 spiro atoms. The molecule has 0 radical (unpaired) electrons. The summed E-state index contributed by atoms with van der Waals surface area (Å²) in [7, 11) is 0. The third-order valence-electron chi connectivity index (χ3n) is 7.80. The second-order valence-corrected chi connectivity index (χ2v) is 10.5. The van der Waals surface area contributed by atoms with E-state index in [9.17, 15) is 0 Å². The standard InChI is InChI=1S/C34H45NO2/c1-5-9-15-26(7-3)24-36-33-22-21-28(23-34(33)37-25-27(8-4)16-10-6-2)35-31-19-13-11-17-29(31)30-18-12-14-20-32(30)35/h11-14,17-23,26-27H,5-10,15-16,24-25H2,1-4H3. The summed E-state index contributed by atoms with van der Waals surface area (Å²) in [5.41, 5.74) is 3.53. The monoisotopic (exact) mass is 499 g/mol. The highest BCUT2D eigenvalue weighted by molar-refractivity contribution is 6.09. The summed E-state index contributed by atoms with van der Waals surface area (Å²) in [5, 5.41) is 2.54. The summed E-state index contributed by atoms with van der Waals surface area (Å²) in [6.07, 6.45) is 9.68. The maximum atomic E-state index is 6.56. The van der Waals surface area contributed by atoms with Gasteiger partial charge in [0.15, 0.2) is 11.5 Å². The molecular formula is C34H45NO2. The highest BCUT2D eigenvalue weighted by Gasteiger charge is 2.17. The minimum absolute atomic E-state index is 0.567. The number of benzene rings is 3. The molecule has 3 heteroatoms. The average Bonchev–Trinajstić information content (AvgIpc) is 3.28. The molecule has 0 amide bonds. The molecule has 0 aliphatic rings. The number of hydrogen-bond donors (Lipinski definition) is 0. The first-order valence-corrected chi connectivity index (χ1v) is 14.6. The van der Waals surface area contributed by atoms with E-state index < -0.39 is 0 Å². The van der Waals surface area contributed by atoms with Crippen molar-refractivity contribution in [1.29, 1.82) is 0 Å². The van der Waals surface area contributed by atoms with E-state index in [2.05, 4.69) is 99.0 Å². The number of ether oxygens (including phenoxy) is 2. The molecule has 0 aliphatic carbocycles. The number of aromatic nitrogens is 1. The minimum Gasteiger partial charge on any atom is -0.489 e. The number of hydrogen-bond acceptors (Lipinski definition) is 2. The molecule has 4 rings (SSSR count). The largest absolute Gasteiger partial charge is 0.489 e. The van der Waals surface area contributed by atoms with Crippen LogP contribution in [0, 0.1) is 11.8 Å². The van der Waals surface area contributed by atoms with E-state index in [0.29, 0.717) is 11.8 Å². The molecule has 2 unspecified atom stereocenters. The number of rotatable bonds is 15. The first-order valence-electron chi connectivity index (χ1n) is 14.6. The third kappa shape index (κ3) is 6.50. The lowest BCUT2D eigenvalue weighted by Crippen LogP contribution is -2.14. The van der Waals surface area contributed by atoms with E-state index in [1.165, 1.54) is 60.3 Å². The Morgan fingerprint density at radius 1 is 0.622 bits per heavy atom. The first kappa shape index (κ1) is 27.1. The van der Waals surface area contributed by atoms with Gasteiger partial charge in [-0.1, -0.05) is 103 Å². The Hall–Kier alpha value is -2.94. The van der Waals surface area contributed by atoms with E-state index in [0.717, 1.165) is 43.2 Å². The van der Waals surface area contributed by atoms with Gasteiger partial charge in [-0.2, -0.15) is 0 Å². The molecule has 0 aliphatic heterocycles. The molecule has 1 heterocycles. The van der Waals surface area contributed by atoms with Crippen molar-refractivity contribution in [3.63, 3.8) is 0 Å². The van der Waals surface area contributed by atoms with Gasteiger partial charge in [0.05, 0.1) is 29.9 Å². The van der Waals surface area contributed by atoms with Gasteiger partial charge < -0.3 is 14.0 Å². The van der Waals surface area contributed by atoms with Crippen LogP contribution in [0.1, 0.15) is 79.1 Å². The highest BCUT2D eigenvalue weighted by atomic mass is 16.5. The van der Waals surface area contributed by atoms with Crippen molar-refractivity contribution in [3.05, 3.63) is 66.7 Å². The molecule has 1 aromatic heterocycles. The molecule has 37 heavy (non-hydrogen) atoms. The van der Waals surface area contributed by atoms with Gasteiger partial charge in [0.1, 0.15) is 0 Å². The fourth-order valence-electron chi connectivity index (χ4n) is 5.28. The molecule has 4 aromatic rings. The van der Waals surface area contributed by atoms with Gasteiger partial charge in [-0.15, -0.1) is 0 Å². The van der Waals surface area contributed by atoms with Gasteiger partial charge in [-0.05, 0) is 48.9 Å². The van der Waals surface area contributed by atoms with E-state index in [1.54, 1.807) is 0 Å². The Morgan fingerprint density at radius 2 is 1.14 bits per heavy atom. The summed E-state index contributed by atoms with van der Waals surface area (Å²) in [6.45, 7) is 10.5. The van der Waals surface area contributed by atoms with E-state index >= 15 is 0 Å². The Bertz CT molecular complexity index is 1200. The molecule has 0 saturated heterocycles. The van der Waals surface area contributed by atoms with Crippen LogP contribution in [0.25, 0.3) is 27.5 Å². The SMILES string of the molecule is CCCCC(CC)COc1ccc(-n2c3ccccc3c3ccccc32)cc1OCC(CC)CCCC. The second-order valence-electron chi connectivity index (χ2n) is 10.5.